The molecule has 4 nitrogen and oxygen atoms in total. The molecule has 0 radical (unpaired) electrons. The van der Waals surface area contributed by atoms with Crippen LogP contribution in [0.4, 0.5) is 10.2 Å². The Labute approximate surface area is 173 Å². The summed E-state index contributed by atoms with van der Waals surface area (Å²) in [6.45, 7) is 3.27. The Bertz CT molecular complexity index is 1110. The first kappa shape index (κ1) is 18.2. The first-order chi connectivity index (χ1) is 14.3. The second-order valence-electron chi connectivity index (χ2n) is 7.56. The highest BCUT2D eigenvalue weighted by Gasteiger charge is 2.27. The van der Waals surface area contributed by atoms with Gasteiger partial charge in [0.05, 0.1) is 24.5 Å². The lowest BCUT2D eigenvalue weighted by molar-refractivity contribution is -0.901. The quantitative estimate of drug-likeness (QED) is 0.531. The summed E-state index contributed by atoms with van der Waals surface area (Å²) in [7, 11) is 0. The van der Waals surface area contributed by atoms with E-state index < -0.39 is 0 Å². The molecule has 29 heavy (non-hydrogen) atoms. The topological polar surface area (TPSA) is 42.2 Å². The summed E-state index contributed by atoms with van der Waals surface area (Å²) in [5.41, 5.74) is 3.42. The van der Waals surface area contributed by atoms with Crippen molar-refractivity contribution in [3.63, 3.8) is 0 Å². The van der Waals surface area contributed by atoms with Crippen molar-refractivity contribution in [3.8, 4) is 11.1 Å². The van der Waals surface area contributed by atoms with E-state index in [1.165, 1.54) is 17.7 Å². The van der Waals surface area contributed by atoms with Gasteiger partial charge in [-0.25, -0.2) is 14.4 Å². The average molecular weight is 406 g/mol. The molecule has 0 aliphatic carbocycles. The van der Waals surface area contributed by atoms with Crippen LogP contribution in [0.3, 0.4) is 0 Å². The van der Waals surface area contributed by atoms with E-state index in [0.717, 1.165) is 53.2 Å². The van der Waals surface area contributed by atoms with Gasteiger partial charge in [-0.1, -0.05) is 42.5 Å². The van der Waals surface area contributed by atoms with Gasteiger partial charge in [-0.3, -0.25) is 0 Å². The molecule has 1 saturated heterocycles. The Balaban J connectivity index is 1.37. The summed E-state index contributed by atoms with van der Waals surface area (Å²) < 4.78 is 13.3. The second-order valence-corrected chi connectivity index (χ2v) is 8.41. The molecule has 4 aromatic rings. The van der Waals surface area contributed by atoms with Crippen LogP contribution in [-0.4, -0.2) is 29.1 Å². The molecule has 1 fully saturated rings. The Kier molecular flexibility index (Phi) is 4.96. The maximum absolute atomic E-state index is 13.3. The smallest absolute Gasteiger partial charge is 0.139 e. The molecule has 0 bridgehead atoms. The van der Waals surface area contributed by atoms with Crippen LogP contribution in [0.25, 0.3) is 21.3 Å². The minimum Gasteiger partial charge on any atom is -0.361 e. The first-order valence-electron chi connectivity index (χ1n) is 9.88. The van der Waals surface area contributed by atoms with E-state index in [2.05, 4.69) is 51.0 Å². The van der Waals surface area contributed by atoms with E-state index in [0.29, 0.717) is 6.04 Å². The summed E-state index contributed by atoms with van der Waals surface area (Å²) in [5, 5.41) is 6.78. The fraction of sp³-hybridized carbons (Fsp3) is 0.217. The molecule has 0 amide bonds. The minimum atomic E-state index is -0.227. The highest BCUT2D eigenvalue weighted by molar-refractivity contribution is 7.17. The third kappa shape index (κ3) is 3.86. The van der Waals surface area contributed by atoms with Crippen molar-refractivity contribution >= 4 is 27.4 Å². The number of quaternary nitrogens is 1. The third-order valence-corrected chi connectivity index (χ3v) is 6.43. The van der Waals surface area contributed by atoms with Crippen LogP contribution in [0.1, 0.15) is 12.0 Å². The van der Waals surface area contributed by atoms with Crippen molar-refractivity contribution in [3.05, 3.63) is 77.7 Å². The van der Waals surface area contributed by atoms with Gasteiger partial charge in [0.2, 0.25) is 0 Å². The Hall–Kier alpha value is -2.83. The van der Waals surface area contributed by atoms with Gasteiger partial charge >= 0.3 is 0 Å². The fourth-order valence-electron chi connectivity index (χ4n) is 4.12. The normalized spacial score (nSPS) is 18.9. The molecule has 0 saturated carbocycles. The molecule has 2 aromatic heterocycles. The molecule has 2 N–H and O–H groups in total. The Morgan fingerprint density at radius 3 is 2.72 bits per heavy atom. The van der Waals surface area contributed by atoms with Crippen molar-refractivity contribution < 1.29 is 9.29 Å². The first-order valence-corrected chi connectivity index (χ1v) is 10.8. The van der Waals surface area contributed by atoms with Crippen LogP contribution >= 0.6 is 11.3 Å². The number of fused-ring (bicyclic) bond motifs is 1. The van der Waals surface area contributed by atoms with Crippen LogP contribution in [0.5, 0.6) is 0 Å². The van der Waals surface area contributed by atoms with Gasteiger partial charge in [0, 0.05) is 22.9 Å². The average Bonchev–Trinajstić information content (AvgIpc) is 3.37. The maximum atomic E-state index is 13.3. The van der Waals surface area contributed by atoms with Crippen LogP contribution in [0.15, 0.2) is 66.3 Å². The van der Waals surface area contributed by atoms with Crippen molar-refractivity contribution in [1.82, 2.24) is 9.97 Å². The van der Waals surface area contributed by atoms with E-state index in [9.17, 15) is 4.39 Å². The lowest BCUT2D eigenvalue weighted by Gasteiger charge is -2.15. The molecular weight excluding hydrogens is 383 g/mol. The lowest BCUT2D eigenvalue weighted by atomic mass is 10.1. The van der Waals surface area contributed by atoms with Crippen LogP contribution in [0, 0.1) is 5.82 Å². The van der Waals surface area contributed by atoms with Gasteiger partial charge in [0.25, 0.3) is 0 Å². The number of rotatable bonds is 5. The number of likely N-dealkylation sites (tertiary alicyclic amines) is 1. The number of hydrogen-bond acceptors (Lipinski definition) is 4. The van der Waals surface area contributed by atoms with Gasteiger partial charge < -0.3 is 10.2 Å². The molecule has 2 aromatic carbocycles. The predicted octanol–water partition coefficient (Wildman–Crippen LogP) is 3.77. The molecule has 2 atom stereocenters. The minimum absolute atomic E-state index is 0.227. The second kappa shape index (κ2) is 7.89. The highest BCUT2D eigenvalue weighted by Crippen LogP contribution is 2.36. The van der Waals surface area contributed by atoms with Gasteiger partial charge in [-0.2, -0.15) is 0 Å². The van der Waals surface area contributed by atoms with Crippen molar-refractivity contribution in [2.45, 2.75) is 19.0 Å². The van der Waals surface area contributed by atoms with Crippen molar-refractivity contribution in [2.75, 3.05) is 18.4 Å². The zero-order chi connectivity index (χ0) is 19.6. The van der Waals surface area contributed by atoms with Crippen LogP contribution < -0.4 is 10.2 Å². The monoisotopic (exact) mass is 405 g/mol. The number of hydrogen-bond donors (Lipinski definition) is 2. The molecule has 5 rings (SSSR count). The van der Waals surface area contributed by atoms with Gasteiger partial charge in [0.15, 0.2) is 0 Å². The molecular formula is C23H22FN4S+. The molecule has 1 unspecified atom stereocenters. The van der Waals surface area contributed by atoms with Gasteiger partial charge in [0.1, 0.15) is 29.3 Å². The SMILES string of the molecule is Fc1ccc(-c2csc3ncnc(N[C@H]4CC[NH+](Cc5ccccc5)C4)c23)cc1. The predicted molar refractivity (Wildman–Crippen MR) is 116 cm³/mol. The lowest BCUT2D eigenvalue weighted by Crippen LogP contribution is -3.09. The number of halogens is 1. The summed E-state index contributed by atoms with van der Waals surface area (Å²) in [6.07, 6.45) is 2.74. The Morgan fingerprint density at radius 1 is 1.07 bits per heavy atom. The number of thiophene rings is 1. The van der Waals surface area contributed by atoms with Crippen molar-refractivity contribution in [2.24, 2.45) is 0 Å². The van der Waals surface area contributed by atoms with E-state index in [1.807, 2.05) is 12.1 Å². The molecule has 6 heteroatoms. The summed E-state index contributed by atoms with van der Waals surface area (Å²) in [4.78, 5) is 11.5. The number of aromatic nitrogens is 2. The van der Waals surface area contributed by atoms with Crippen LogP contribution in [0.2, 0.25) is 0 Å². The zero-order valence-corrected chi connectivity index (χ0v) is 16.8. The zero-order valence-electron chi connectivity index (χ0n) is 15.9. The standard InChI is InChI=1S/C23H21FN4S/c24-18-8-6-17(7-9-18)20-14-29-23-21(20)22(25-15-26-23)27-19-10-11-28(13-19)12-16-4-2-1-3-5-16/h1-9,14-15,19H,10-13H2,(H,25,26,27)/p+1/t19-/m0/s1. The number of anilines is 1. The number of nitrogens with one attached hydrogen (secondary N) is 2. The third-order valence-electron chi connectivity index (χ3n) is 5.54. The largest absolute Gasteiger partial charge is 0.361 e. The highest BCUT2D eigenvalue weighted by atomic mass is 32.1. The van der Waals surface area contributed by atoms with E-state index in [4.69, 9.17) is 0 Å². The van der Waals surface area contributed by atoms with E-state index >= 15 is 0 Å². The molecule has 1 aliphatic rings. The maximum Gasteiger partial charge on any atom is 0.139 e. The van der Waals surface area contributed by atoms with E-state index in [1.54, 1.807) is 22.6 Å². The fourth-order valence-corrected chi connectivity index (χ4v) is 5.03. The number of benzene rings is 2. The van der Waals surface area contributed by atoms with E-state index in [-0.39, 0.29) is 5.82 Å². The molecule has 1 aliphatic heterocycles. The Morgan fingerprint density at radius 2 is 1.90 bits per heavy atom. The van der Waals surface area contributed by atoms with Gasteiger partial charge in [-0.05, 0) is 17.7 Å². The summed E-state index contributed by atoms with van der Waals surface area (Å²) in [6, 6.07) is 17.7. The summed E-state index contributed by atoms with van der Waals surface area (Å²) in [5.74, 6) is 0.650. The molecule has 0 spiro atoms. The number of nitrogens with zero attached hydrogens (tertiary/aromatic N) is 2. The van der Waals surface area contributed by atoms with Gasteiger partial charge in [-0.15, -0.1) is 11.3 Å². The van der Waals surface area contributed by atoms with Crippen LogP contribution in [-0.2, 0) is 6.54 Å². The molecule has 146 valence electrons. The summed E-state index contributed by atoms with van der Waals surface area (Å²) >= 11 is 1.60. The van der Waals surface area contributed by atoms with Crippen molar-refractivity contribution in [1.29, 1.82) is 0 Å². The molecule has 3 heterocycles.